The molecule has 12 heavy (non-hydrogen) atoms. The van der Waals surface area contributed by atoms with Crippen LogP contribution < -0.4 is 0 Å². The number of piperidine rings is 1. The molecule has 70 valence electrons. The Bertz CT molecular complexity index is 184. The average Bonchev–Trinajstić information content (AvgIpc) is 1.99. The van der Waals surface area contributed by atoms with Crippen LogP contribution in [0.25, 0.3) is 0 Å². The van der Waals surface area contributed by atoms with E-state index >= 15 is 0 Å². The van der Waals surface area contributed by atoms with Gasteiger partial charge in [-0.2, -0.15) is 0 Å². The number of carbonyl (C=O) groups is 1. The Labute approximate surface area is 68.6 Å². The molecule has 2 atom stereocenters. The minimum Gasteiger partial charge on any atom is -0.478 e. The van der Waals surface area contributed by atoms with Crippen LogP contribution in [0.2, 0.25) is 0 Å². The standard InChI is InChI=1S/C6H11NO5/c8-4-2-1-3-7(12)6(4,11)5(9)10/h4,8,11-12H,1-3H2,(H,9,10)/t4-,6-/m1/s1. The molecule has 0 aliphatic carbocycles. The van der Waals surface area contributed by atoms with Crippen LogP contribution in [0.4, 0.5) is 0 Å². The van der Waals surface area contributed by atoms with E-state index in [0.717, 1.165) is 0 Å². The summed E-state index contributed by atoms with van der Waals surface area (Å²) in [6.07, 6.45) is -0.832. The van der Waals surface area contributed by atoms with Crippen molar-refractivity contribution in [3.8, 4) is 0 Å². The Morgan fingerprint density at radius 3 is 2.50 bits per heavy atom. The van der Waals surface area contributed by atoms with E-state index in [9.17, 15) is 9.90 Å². The first-order chi connectivity index (χ1) is 5.49. The highest BCUT2D eigenvalue weighted by atomic mass is 16.6. The van der Waals surface area contributed by atoms with Crippen molar-refractivity contribution < 1.29 is 25.3 Å². The maximum absolute atomic E-state index is 10.5. The second kappa shape index (κ2) is 2.98. The Kier molecular flexibility index (Phi) is 2.34. The lowest BCUT2D eigenvalue weighted by atomic mass is 9.97. The Morgan fingerprint density at radius 2 is 2.17 bits per heavy atom. The molecule has 0 amide bonds. The van der Waals surface area contributed by atoms with Gasteiger partial charge in [0.2, 0.25) is 0 Å². The van der Waals surface area contributed by atoms with Gasteiger partial charge in [0.15, 0.2) is 0 Å². The fourth-order valence-corrected chi connectivity index (χ4v) is 1.23. The van der Waals surface area contributed by atoms with Crippen LogP contribution in [0.3, 0.4) is 0 Å². The maximum atomic E-state index is 10.5. The molecule has 6 nitrogen and oxygen atoms in total. The predicted molar refractivity (Wildman–Crippen MR) is 36.3 cm³/mol. The van der Waals surface area contributed by atoms with Gasteiger partial charge < -0.3 is 20.5 Å². The van der Waals surface area contributed by atoms with Gasteiger partial charge in [-0.15, -0.1) is 5.06 Å². The number of carboxylic acid groups (broad SMARTS) is 1. The topological polar surface area (TPSA) is 101 Å². The Hall–Kier alpha value is -0.690. The number of rotatable bonds is 1. The third-order valence-corrected chi connectivity index (χ3v) is 2.02. The molecular weight excluding hydrogens is 166 g/mol. The predicted octanol–water partition coefficient (Wildman–Crippen LogP) is -1.39. The summed E-state index contributed by atoms with van der Waals surface area (Å²) in [7, 11) is 0. The summed E-state index contributed by atoms with van der Waals surface area (Å²) in [6.45, 7) is 0.0415. The van der Waals surface area contributed by atoms with Crippen LogP contribution >= 0.6 is 0 Å². The first kappa shape index (κ1) is 9.40. The lowest BCUT2D eigenvalue weighted by Gasteiger charge is -2.38. The van der Waals surface area contributed by atoms with Crippen LogP contribution in [0.5, 0.6) is 0 Å². The van der Waals surface area contributed by atoms with Crippen molar-refractivity contribution in [3.05, 3.63) is 0 Å². The van der Waals surface area contributed by atoms with E-state index in [1.165, 1.54) is 0 Å². The molecule has 1 saturated heterocycles. The van der Waals surface area contributed by atoms with Gasteiger partial charge in [0.25, 0.3) is 5.72 Å². The van der Waals surface area contributed by atoms with E-state index in [-0.39, 0.29) is 18.0 Å². The molecule has 0 bridgehead atoms. The van der Waals surface area contributed by atoms with Crippen molar-refractivity contribution >= 4 is 5.97 Å². The molecule has 0 aromatic heterocycles. The Balaban J connectivity index is 2.87. The van der Waals surface area contributed by atoms with Crippen molar-refractivity contribution in [1.82, 2.24) is 5.06 Å². The molecular formula is C6H11NO5. The lowest BCUT2D eigenvalue weighted by molar-refractivity contribution is -0.303. The van der Waals surface area contributed by atoms with Crippen molar-refractivity contribution in [2.75, 3.05) is 6.54 Å². The molecule has 1 rings (SSSR count). The minimum absolute atomic E-state index is 0.0415. The summed E-state index contributed by atoms with van der Waals surface area (Å²) in [5.74, 6) is -1.64. The van der Waals surface area contributed by atoms with Gasteiger partial charge in [-0.3, -0.25) is 0 Å². The fraction of sp³-hybridized carbons (Fsp3) is 0.833. The second-order valence-corrected chi connectivity index (χ2v) is 2.81. The fourth-order valence-electron chi connectivity index (χ4n) is 1.23. The summed E-state index contributed by atoms with van der Waals surface area (Å²) in [5, 5.41) is 36.2. The SMILES string of the molecule is O=C(O)[C@]1(O)[C@H](O)CCCN1O. The van der Waals surface area contributed by atoms with Gasteiger partial charge >= 0.3 is 5.97 Å². The zero-order chi connectivity index (χ0) is 9.35. The molecule has 6 heteroatoms. The smallest absolute Gasteiger partial charge is 0.356 e. The van der Waals surface area contributed by atoms with E-state index < -0.39 is 17.8 Å². The largest absolute Gasteiger partial charge is 0.478 e. The third kappa shape index (κ3) is 1.18. The number of hydroxylamine groups is 2. The molecule has 0 saturated carbocycles. The van der Waals surface area contributed by atoms with Crippen LogP contribution in [-0.2, 0) is 4.79 Å². The molecule has 0 radical (unpaired) electrons. The lowest BCUT2D eigenvalue weighted by Crippen LogP contribution is -2.63. The van der Waals surface area contributed by atoms with Crippen LogP contribution in [-0.4, -0.2) is 49.9 Å². The van der Waals surface area contributed by atoms with Crippen molar-refractivity contribution in [2.45, 2.75) is 24.7 Å². The summed E-state index contributed by atoms with van der Waals surface area (Å²) < 4.78 is 0. The average molecular weight is 177 g/mol. The van der Waals surface area contributed by atoms with E-state index in [0.29, 0.717) is 6.42 Å². The summed E-state index contributed by atoms with van der Waals surface area (Å²) in [6, 6.07) is 0. The molecule has 1 aliphatic rings. The van der Waals surface area contributed by atoms with Crippen LogP contribution in [0.1, 0.15) is 12.8 Å². The third-order valence-electron chi connectivity index (χ3n) is 2.02. The second-order valence-electron chi connectivity index (χ2n) is 2.81. The summed E-state index contributed by atoms with van der Waals surface area (Å²) in [4.78, 5) is 10.5. The summed E-state index contributed by atoms with van der Waals surface area (Å²) in [5.41, 5.74) is -2.54. The molecule has 0 spiro atoms. The van der Waals surface area contributed by atoms with Crippen molar-refractivity contribution in [3.63, 3.8) is 0 Å². The number of aliphatic hydroxyl groups excluding tert-OH is 1. The van der Waals surface area contributed by atoms with Crippen LogP contribution in [0.15, 0.2) is 0 Å². The van der Waals surface area contributed by atoms with Gasteiger partial charge in [0.05, 0.1) is 0 Å². The highest BCUT2D eigenvalue weighted by Gasteiger charge is 2.51. The molecule has 1 aliphatic heterocycles. The van der Waals surface area contributed by atoms with E-state index in [1.807, 2.05) is 0 Å². The molecule has 0 unspecified atom stereocenters. The number of aliphatic carboxylic acids is 1. The zero-order valence-corrected chi connectivity index (χ0v) is 6.34. The quantitative estimate of drug-likeness (QED) is 0.393. The number of hydrogen-bond donors (Lipinski definition) is 4. The monoisotopic (exact) mass is 177 g/mol. The molecule has 0 aromatic rings. The first-order valence-corrected chi connectivity index (χ1v) is 3.60. The number of aliphatic hydroxyl groups is 2. The highest BCUT2D eigenvalue weighted by Crippen LogP contribution is 2.24. The molecule has 4 N–H and O–H groups in total. The molecule has 0 aromatic carbocycles. The highest BCUT2D eigenvalue weighted by molar-refractivity contribution is 5.77. The van der Waals surface area contributed by atoms with Gasteiger partial charge in [-0.25, -0.2) is 4.79 Å². The minimum atomic E-state index is -2.54. The molecule has 1 heterocycles. The van der Waals surface area contributed by atoms with E-state index in [2.05, 4.69) is 0 Å². The normalized spacial score (nSPS) is 38.1. The van der Waals surface area contributed by atoms with Gasteiger partial charge in [-0.05, 0) is 12.8 Å². The number of hydrogen-bond acceptors (Lipinski definition) is 5. The zero-order valence-electron chi connectivity index (χ0n) is 6.34. The summed E-state index contributed by atoms with van der Waals surface area (Å²) >= 11 is 0. The van der Waals surface area contributed by atoms with Crippen LogP contribution in [0, 0.1) is 0 Å². The first-order valence-electron chi connectivity index (χ1n) is 3.60. The number of carboxylic acids is 1. The molecule has 1 fully saturated rings. The Morgan fingerprint density at radius 1 is 1.58 bits per heavy atom. The van der Waals surface area contributed by atoms with Gasteiger partial charge in [-0.1, -0.05) is 0 Å². The number of nitrogens with zero attached hydrogens (tertiary/aromatic N) is 1. The van der Waals surface area contributed by atoms with E-state index in [4.69, 9.17) is 15.4 Å². The van der Waals surface area contributed by atoms with Crippen molar-refractivity contribution in [2.24, 2.45) is 0 Å². The van der Waals surface area contributed by atoms with Gasteiger partial charge in [0.1, 0.15) is 6.10 Å². The van der Waals surface area contributed by atoms with Crippen molar-refractivity contribution in [1.29, 1.82) is 0 Å². The van der Waals surface area contributed by atoms with E-state index in [1.54, 1.807) is 0 Å². The van der Waals surface area contributed by atoms with Gasteiger partial charge in [0, 0.05) is 6.54 Å². The maximum Gasteiger partial charge on any atom is 0.356 e.